The van der Waals surface area contributed by atoms with Crippen molar-refractivity contribution in [3.63, 3.8) is 0 Å². The molecular formula is C8H9ClN4O. The van der Waals surface area contributed by atoms with Crippen molar-refractivity contribution >= 4 is 29.4 Å². The molecule has 1 unspecified atom stereocenters. The monoisotopic (exact) mass is 212 g/mol. The molecular weight excluding hydrogens is 204 g/mol. The van der Waals surface area contributed by atoms with Crippen LogP contribution in [0.25, 0.3) is 0 Å². The van der Waals surface area contributed by atoms with Crippen LogP contribution in [-0.4, -0.2) is 29.0 Å². The highest BCUT2D eigenvalue weighted by atomic mass is 35.5. The van der Waals surface area contributed by atoms with E-state index in [9.17, 15) is 4.79 Å². The van der Waals surface area contributed by atoms with Crippen molar-refractivity contribution in [1.29, 1.82) is 0 Å². The first-order valence-corrected chi connectivity index (χ1v) is 4.64. The molecule has 0 saturated heterocycles. The van der Waals surface area contributed by atoms with Crippen molar-refractivity contribution in [2.75, 3.05) is 16.8 Å². The second-order valence-electron chi connectivity index (χ2n) is 2.87. The maximum atomic E-state index is 10.8. The summed E-state index contributed by atoms with van der Waals surface area (Å²) in [5.74, 6) is 0.615. The van der Waals surface area contributed by atoms with Gasteiger partial charge in [0.1, 0.15) is 12.0 Å². The summed E-state index contributed by atoms with van der Waals surface area (Å²) in [6, 6.07) is 0. The molecule has 2 rings (SSSR count). The zero-order chi connectivity index (χ0) is 10.1. The van der Waals surface area contributed by atoms with Gasteiger partial charge in [-0.15, -0.1) is 0 Å². The van der Waals surface area contributed by atoms with Crippen LogP contribution in [0, 0.1) is 0 Å². The minimum Gasteiger partial charge on any atom is -0.342 e. The number of aromatic nitrogens is 2. The zero-order valence-electron chi connectivity index (χ0n) is 7.57. The summed E-state index contributed by atoms with van der Waals surface area (Å²) in [7, 11) is 0. The number of hydrogen-bond donors (Lipinski definition) is 1. The molecule has 0 amide bonds. The van der Waals surface area contributed by atoms with Gasteiger partial charge in [0.05, 0.1) is 0 Å². The number of carbonyl (C=O) groups excluding carboxylic acids is 1. The third kappa shape index (κ3) is 1.21. The van der Waals surface area contributed by atoms with E-state index >= 15 is 0 Å². The van der Waals surface area contributed by atoms with Gasteiger partial charge in [-0.05, 0) is 6.92 Å². The number of rotatable bonds is 2. The van der Waals surface area contributed by atoms with E-state index in [-0.39, 0.29) is 6.17 Å². The van der Waals surface area contributed by atoms with Crippen molar-refractivity contribution < 1.29 is 4.79 Å². The highest BCUT2D eigenvalue weighted by Gasteiger charge is 2.30. The van der Waals surface area contributed by atoms with Crippen LogP contribution in [-0.2, 0) is 4.79 Å². The molecule has 0 aliphatic carbocycles. The Morgan fingerprint density at radius 1 is 1.71 bits per heavy atom. The van der Waals surface area contributed by atoms with E-state index in [1.807, 2.05) is 11.8 Å². The predicted octanol–water partition coefficient (Wildman–Crippen LogP) is 0.907. The minimum absolute atomic E-state index is 0.369. The lowest BCUT2D eigenvalue weighted by Crippen LogP contribution is -2.36. The fourth-order valence-electron chi connectivity index (χ4n) is 1.54. The predicted molar refractivity (Wildman–Crippen MR) is 53.5 cm³/mol. The Morgan fingerprint density at radius 2 is 2.50 bits per heavy atom. The lowest BCUT2D eigenvalue weighted by atomic mass is 10.4. The van der Waals surface area contributed by atoms with Gasteiger partial charge in [-0.25, -0.2) is 9.97 Å². The molecule has 14 heavy (non-hydrogen) atoms. The number of anilines is 2. The van der Waals surface area contributed by atoms with Crippen LogP contribution in [0.5, 0.6) is 0 Å². The van der Waals surface area contributed by atoms with E-state index in [1.54, 1.807) is 0 Å². The standard InChI is InChI=1S/C8H9ClN4O/c1-2-13-5(3-14)12-8-6(13)7(9)10-4-11-8/h3-5H,2H2,1H3,(H,10,11,12). The molecule has 0 radical (unpaired) electrons. The smallest absolute Gasteiger partial charge is 0.162 e. The first-order chi connectivity index (χ1) is 6.77. The maximum absolute atomic E-state index is 10.8. The molecule has 6 heteroatoms. The molecule has 0 fully saturated rings. The molecule has 1 N–H and O–H groups in total. The second kappa shape index (κ2) is 3.42. The van der Waals surface area contributed by atoms with Gasteiger partial charge in [0.15, 0.2) is 23.4 Å². The van der Waals surface area contributed by atoms with Crippen molar-refractivity contribution in [2.24, 2.45) is 0 Å². The van der Waals surface area contributed by atoms with E-state index < -0.39 is 0 Å². The normalized spacial score (nSPS) is 19.0. The van der Waals surface area contributed by atoms with E-state index in [4.69, 9.17) is 11.6 Å². The SMILES string of the molecule is CCN1c2c(Cl)ncnc2NC1C=O. The van der Waals surface area contributed by atoms with Gasteiger partial charge >= 0.3 is 0 Å². The Morgan fingerprint density at radius 3 is 3.14 bits per heavy atom. The number of nitrogens with zero attached hydrogens (tertiary/aromatic N) is 3. The number of hydrogen-bond acceptors (Lipinski definition) is 5. The summed E-state index contributed by atoms with van der Waals surface area (Å²) in [5, 5.41) is 3.32. The van der Waals surface area contributed by atoms with Crippen LogP contribution in [0.3, 0.4) is 0 Å². The van der Waals surface area contributed by atoms with E-state index in [2.05, 4.69) is 15.3 Å². The van der Waals surface area contributed by atoms with Crippen LogP contribution in [0.2, 0.25) is 5.15 Å². The summed E-state index contributed by atoms with van der Waals surface area (Å²) in [4.78, 5) is 20.5. The summed E-state index contributed by atoms with van der Waals surface area (Å²) >= 11 is 5.92. The average molecular weight is 213 g/mol. The van der Waals surface area contributed by atoms with Crippen LogP contribution >= 0.6 is 11.6 Å². The Balaban J connectivity index is 2.48. The fourth-order valence-corrected chi connectivity index (χ4v) is 1.78. The molecule has 1 aliphatic rings. The first-order valence-electron chi connectivity index (χ1n) is 4.27. The van der Waals surface area contributed by atoms with Crippen molar-refractivity contribution in [1.82, 2.24) is 9.97 Å². The van der Waals surface area contributed by atoms with Crippen molar-refractivity contribution in [3.05, 3.63) is 11.5 Å². The van der Waals surface area contributed by atoms with Crippen LogP contribution < -0.4 is 10.2 Å². The molecule has 1 aromatic heterocycles. The van der Waals surface area contributed by atoms with Gasteiger partial charge in [0, 0.05) is 6.54 Å². The second-order valence-corrected chi connectivity index (χ2v) is 3.23. The molecule has 0 aromatic carbocycles. The number of aldehydes is 1. The Kier molecular flexibility index (Phi) is 2.25. The molecule has 0 saturated carbocycles. The molecule has 74 valence electrons. The van der Waals surface area contributed by atoms with E-state index in [1.165, 1.54) is 6.33 Å². The van der Waals surface area contributed by atoms with Crippen molar-refractivity contribution in [3.8, 4) is 0 Å². The first kappa shape index (κ1) is 9.21. The molecule has 5 nitrogen and oxygen atoms in total. The van der Waals surface area contributed by atoms with Crippen LogP contribution in [0.1, 0.15) is 6.92 Å². The third-order valence-electron chi connectivity index (χ3n) is 2.15. The number of halogens is 1. The molecule has 2 heterocycles. The number of carbonyl (C=O) groups is 1. The number of nitrogens with one attached hydrogen (secondary N) is 1. The minimum atomic E-state index is -0.385. The van der Waals surface area contributed by atoms with Gasteiger partial charge in [-0.1, -0.05) is 11.6 Å². The third-order valence-corrected chi connectivity index (χ3v) is 2.43. The molecule has 0 spiro atoms. The van der Waals surface area contributed by atoms with Gasteiger partial charge in [0.2, 0.25) is 0 Å². The van der Waals surface area contributed by atoms with Gasteiger partial charge in [0.25, 0.3) is 0 Å². The van der Waals surface area contributed by atoms with E-state index in [0.717, 1.165) is 6.29 Å². The van der Waals surface area contributed by atoms with Crippen LogP contribution in [0.4, 0.5) is 11.5 Å². The van der Waals surface area contributed by atoms with Gasteiger partial charge in [-0.3, -0.25) is 4.79 Å². The molecule has 1 atom stereocenters. The molecule has 1 aliphatic heterocycles. The summed E-state index contributed by atoms with van der Waals surface area (Å²) in [6.07, 6.45) is 1.81. The summed E-state index contributed by atoms with van der Waals surface area (Å²) < 4.78 is 0. The Labute approximate surface area is 86.1 Å². The summed E-state index contributed by atoms with van der Waals surface area (Å²) in [5.41, 5.74) is 0.703. The quantitative estimate of drug-likeness (QED) is 0.583. The van der Waals surface area contributed by atoms with E-state index in [0.29, 0.717) is 23.2 Å². The van der Waals surface area contributed by atoms with Gasteiger partial charge in [-0.2, -0.15) is 0 Å². The lowest BCUT2D eigenvalue weighted by Gasteiger charge is -2.20. The Bertz CT molecular complexity index is 370. The maximum Gasteiger partial charge on any atom is 0.162 e. The topological polar surface area (TPSA) is 58.1 Å². The lowest BCUT2D eigenvalue weighted by molar-refractivity contribution is -0.108. The molecule has 0 bridgehead atoms. The van der Waals surface area contributed by atoms with Gasteiger partial charge < -0.3 is 10.2 Å². The number of likely N-dealkylation sites (N-methyl/N-ethyl adjacent to an activating group) is 1. The fraction of sp³-hybridized carbons (Fsp3) is 0.375. The summed E-state index contributed by atoms with van der Waals surface area (Å²) in [6.45, 7) is 2.62. The molecule has 1 aromatic rings. The number of fused-ring (bicyclic) bond motifs is 1. The highest BCUT2D eigenvalue weighted by Crippen LogP contribution is 2.36. The largest absolute Gasteiger partial charge is 0.342 e. The van der Waals surface area contributed by atoms with Crippen LogP contribution in [0.15, 0.2) is 6.33 Å². The zero-order valence-corrected chi connectivity index (χ0v) is 8.32. The highest BCUT2D eigenvalue weighted by molar-refractivity contribution is 6.32. The Hall–Kier alpha value is -1.36. The average Bonchev–Trinajstić information content (AvgIpc) is 2.56. The van der Waals surface area contributed by atoms with Crippen molar-refractivity contribution in [2.45, 2.75) is 13.1 Å².